The molecule has 1 atom stereocenters. The van der Waals surface area contributed by atoms with Crippen molar-refractivity contribution in [2.24, 2.45) is 0 Å². The van der Waals surface area contributed by atoms with Crippen molar-refractivity contribution in [2.75, 3.05) is 38.0 Å². The fraction of sp³-hybridized carbons (Fsp3) is 0.278. The van der Waals surface area contributed by atoms with Crippen molar-refractivity contribution in [2.45, 2.75) is 6.04 Å². The highest BCUT2D eigenvalue weighted by Gasteiger charge is 2.15. The van der Waals surface area contributed by atoms with Gasteiger partial charge in [0.15, 0.2) is 0 Å². The van der Waals surface area contributed by atoms with E-state index >= 15 is 0 Å². The van der Waals surface area contributed by atoms with Gasteiger partial charge in [0.05, 0.1) is 24.8 Å². The number of hydrogen-bond donors (Lipinski definition) is 5. The molecule has 2 amide bonds. The maximum atomic E-state index is 13.0. The molecule has 0 spiro atoms. The van der Waals surface area contributed by atoms with E-state index in [1.165, 1.54) is 43.6 Å². The number of rotatable bonds is 8. The minimum absolute atomic E-state index is 0.152. The van der Waals surface area contributed by atoms with Crippen LogP contribution in [0.5, 0.6) is 0 Å². The van der Waals surface area contributed by atoms with Crippen LogP contribution in [0.3, 0.4) is 0 Å². The predicted molar refractivity (Wildman–Crippen MR) is 102 cm³/mol. The summed E-state index contributed by atoms with van der Waals surface area (Å²) in [5.74, 6) is -0.421. The Kier molecular flexibility index (Phi) is 7.66. The molecule has 0 aliphatic heterocycles. The molecule has 1 aromatic heterocycles. The highest BCUT2D eigenvalue weighted by atomic mass is 19.1. The maximum absolute atomic E-state index is 13.0. The fourth-order valence-corrected chi connectivity index (χ4v) is 2.27. The van der Waals surface area contributed by atoms with E-state index in [4.69, 9.17) is 20.6 Å². The lowest BCUT2D eigenvalue weighted by Gasteiger charge is -2.17. The predicted octanol–water partition coefficient (Wildman–Crippen LogP) is 1.65. The van der Waals surface area contributed by atoms with Crippen molar-refractivity contribution >= 4 is 23.4 Å². The Bertz CT molecular complexity index is 816. The summed E-state index contributed by atoms with van der Waals surface area (Å²) in [5.41, 5.74) is 6.92. The molecule has 10 heteroatoms. The lowest BCUT2D eigenvalue weighted by Crippen LogP contribution is -2.34. The molecular formula is C18H22FN5O4. The average Bonchev–Trinajstić information content (AvgIpc) is 2.67. The Hall–Kier alpha value is -3.24. The topological polar surface area (TPSA) is 143 Å². The molecule has 1 heterocycles. The molecule has 1 aromatic carbocycles. The second-order valence-electron chi connectivity index (χ2n) is 5.71. The number of halogens is 1. The van der Waals surface area contributed by atoms with E-state index in [0.717, 1.165) is 0 Å². The van der Waals surface area contributed by atoms with Gasteiger partial charge in [0.25, 0.3) is 0 Å². The van der Waals surface area contributed by atoms with Crippen LogP contribution in [-0.4, -0.2) is 48.9 Å². The molecule has 2 aromatic rings. The number of nitrogens with zero attached hydrogens (tertiary/aromatic N) is 1. The van der Waals surface area contributed by atoms with Gasteiger partial charge in [-0.15, -0.1) is 0 Å². The van der Waals surface area contributed by atoms with E-state index in [0.29, 0.717) is 12.2 Å². The number of ether oxygens (including phenoxy) is 2. The summed E-state index contributed by atoms with van der Waals surface area (Å²) in [6.07, 6.45) is 1.31. The Balaban J connectivity index is 1.98. The first-order valence-electron chi connectivity index (χ1n) is 8.34. The third kappa shape index (κ3) is 5.89. The number of nitrogens with one attached hydrogen (secondary N) is 3. The molecule has 0 saturated carbocycles. The molecule has 2 rings (SSSR count). The van der Waals surface area contributed by atoms with Gasteiger partial charge >= 0.3 is 6.03 Å². The first-order chi connectivity index (χ1) is 13.4. The number of benzene rings is 1. The lowest BCUT2D eigenvalue weighted by atomic mass is 10.1. The van der Waals surface area contributed by atoms with Gasteiger partial charge in [-0.1, -0.05) is 12.1 Å². The van der Waals surface area contributed by atoms with Crippen molar-refractivity contribution in [3.63, 3.8) is 0 Å². The van der Waals surface area contributed by atoms with Crippen LogP contribution in [0.25, 0.3) is 0 Å². The number of carbonyl (C=O) groups excluding carboxylic acids is 1. The monoisotopic (exact) mass is 391 g/mol. The van der Waals surface area contributed by atoms with Gasteiger partial charge in [-0.2, -0.15) is 0 Å². The van der Waals surface area contributed by atoms with Crippen molar-refractivity contribution in [3.8, 4) is 0 Å². The van der Waals surface area contributed by atoms with E-state index < -0.39 is 17.9 Å². The Morgan fingerprint density at radius 2 is 2.07 bits per heavy atom. The standard InChI is InChI=1S/C18H22FN5O4/c1-27-6-7-28-17(21)13-9-22-16(8-14(13)20)24-18(26)23-15(10-25)11-2-4-12(19)5-3-11/h2-5,8-9,15,21,25H,6-7,10H2,1H3,(H4,20,22,23,24,26)/t15-/m1/s1. The molecule has 0 fully saturated rings. The van der Waals surface area contributed by atoms with E-state index in [1.807, 2.05) is 0 Å². The van der Waals surface area contributed by atoms with Gasteiger partial charge in [0.1, 0.15) is 18.2 Å². The fourth-order valence-electron chi connectivity index (χ4n) is 2.27. The smallest absolute Gasteiger partial charge is 0.320 e. The highest BCUT2D eigenvalue weighted by molar-refractivity contribution is 5.97. The number of pyridine rings is 1. The van der Waals surface area contributed by atoms with Gasteiger partial charge in [-0.05, 0) is 17.7 Å². The summed E-state index contributed by atoms with van der Waals surface area (Å²) in [4.78, 5) is 16.2. The van der Waals surface area contributed by atoms with Crippen LogP contribution in [0, 0.1) is 11.2 Å². The quantitative estimate of drug-likeness (QED) is 0.263. The van der Waals surface area contributed by atoms with Crippen LogP contribution in [0.4, 0.5) is 20.7 Å². The van der Waals surface area contributed by atoms with E-state index in [-0.39, 0.29) is 36.2 Å². The Morgan fingerprint density at radius 1 is 1.36 bits per heavy atom. The van der Waals surface area contributed by atoms with Crippen LogP contribution >= 0.6 is 0 Å². The van der Waals surface area contributed by atoms with Crippen LogP contribution in [0.15, 0.2) is 36.5 Å². The first kappa shape index (κ1) is 21.1. The van der Waals surface area contributed by atoms with E-state index in [9.17, 15) is 14.3 Å². The number of methoxy groups -OCH3 is 1. The van der Waals surface area contributed by atoms with E-state index in [2.05, 4.69) is 15.6 Å². The number of urea groups is 1. The van der Waals surface area contributed by atoms with Crippen LogP contribution < -0.4 is 16.4 Å². The maximum Gasteiger partial charge on any atom is 0.320 e. The lowest BCUT2D eigenvalue weighted by molar-refractivity contribution is 0.141. The third-order valence-electron chi connectivity index (χ3n) is 3.72. The van der Waals surface area contributed by atoms with Crippen LogP contribution in [0.2, 0.25) is 0 Å². The second kappa shape index (κ2) is 10.2. The number of nitrogen functional groups attached to an aromatic ring is 1. The molecule has 0 aliphatic carbocycles. The van der Waals surface area contributed by atoms with Crippen molar-refractivity contribution in [1.29, 1.82) is 5.41 Å². The number of aliphatic hydroxyl groups is 1. The molecular weight excluding hydrogens is 369 g/mol. The molecule has 28 heavy (non-hydrogen) atoms. The molecule has 9 nitrogen and oxygen atoms in total. The molecule has 6 N–H and O–H groups in total. The van der Waals surface area contributed by atoms with Crippen molar-refractivity contribution < 1.29 is 23.8 Å². The van der Waals surface area contributed by atoms with Gasteiger partial charge in [-0.25, -0.2) is 14.2 Å². The molecule has 0 radical (unpaired) electrons. The van der Waals surface area contributed by atoms with Crippen molar-refractivity contribution in [3.05, 3.63) is 53.5 Å². The number of hydrogen-bond acceptors (Lipinski definition) is 7. The Morgan fingerprint density at radius 3 is 2.68 bits per heavy atom. The summed E-state index contributed by atoms with van der Waals surface area (Å²) < 4.78 is 23.0. The van der Waals surface area contributed by atoms with Gasteiger partial charge in [0.2, 0.25) is 5.90 Å². The SMILES string of the molecule is COCCOC(=N)c1cnc(NC(=O)N[C@H](CO)c2ccc(F)cc2)cc1N. The zero-order valence-corrected chi connectivity index (χ0v) is 15.2. The van der Waals surface area contributed by atoms with Gasteiger partial charge in [-0.3, -0.25) is 10.7 Å². The average molecular weight is 391 g/mol. The number of nitrogens with two attached hydrogens (primary N) is 1. The number of aliphatic hydroxyl groups excluding tert-OH is 1. The number of anilines is 2. The zero-order valence-electron chi connectivity index (χ0n) is 15.2. The summed E-state index contributed by atoms with van der Waals surface area (Å²) >= 11 is 0. The van der Waals surface area contributed by atoms with Gasteiger partial charge < -0.3 is 25.6 Å². The minimum atomic E-state index is -0.723. The number of carbonyl (C=O) groups is 1. The summed E-state index contributed by atoms with van der Waals surface area (Å²) in [6, 6.07) is 5.45. The molecule has 150 valence electrons. The summed E-state index contributed by atoms with van der Waals surface area (Å²) in [5, 5.41) is 22.4. The van der Waals surface area contributed by atoms with Gasteiger partial charge in [0, 0.05) is 25.1 Å². The summed E-state index contributed by atoms with van der Waals surface area (Å²) in [6.45, 7) is 0.155. The summed E-state index contributed by atoms with van der Waals surface area (Å²) in [7, 11) is 1.52. The van der Waals surface area contributed by atoms with Crippen LogP contribution in [-0.2, 0) is 9.47 Å². The number of amides is 2. The van der Waals surface area contributed by atoms with Crippen LogP contribution in [0.1, 0.15) is 17.2 Å². The Labute approximate surface area is 161 Å². The largest absolute Gasteiger partial charge is 0.475 e. The molecule has 0 unspecified atom stereocenters. The normalized spacial score (nSPS) is 11.5. The molecule has 0 bridgehead atoms. The van der Waals surface area contributed by atoms with Crippen molar-refractivity contribution in [1.82, 2.24) is 10.3 Å². The third-order valence-corrected chi connectivity index (χ3v) is 3.72. The zero-order chi connectivity index (χ0) is 20.5. The van der Waals surface area contributed by atoms with E-state index in [1.54, 1.807) is 0 Å². The minimum Gasteiger partial charge on any atom is -0.475 e. The highest BCUT2D eigenvalue weighted by Crippen LogP contribution is 2.17. The second-order valence-corrected chi connectivity index (χ2v) is 5.71. The first-order valence-corrected chi connectivity index (χ1v) is 8.34. The molecule has 0 saturated heterocycles. The molecule has 0 aliphatic rings. The number of aromatic nitrogens is 1.